The van der Waals surface area contributed by atoms with Crippen LogP contribution in [-0.4, -0.2) is 38.1 Å². The molecule has 2 rings (SSSR count). The maximum atomic E-state index is 13.0. The molecule has 1 aromatic carbocycles. The van der Waals surface area contributed by atoms with Gasteiger partial charge < -0.3 is 15.7 Å². The fraction of sp³-hybridized carbons (Fsp3) is 0.188. The molecule has 1 atom stereocenters. The van der Waals surface area contributed by atoms with Gasteiger partial charge >= 0.3 is 5.97 Å². The van der Waals surface area contributed by atoms with Crippen molar-refractivity contribution in [1.29, 1.82) is 0 Å². The number of carboxylic acids is 1. The zero-order valence-corrected chi connectivity index (χ0v) is 15.0. The molecule has 2 aromatic rings. The summed E-state index contributed by atoms with van der Waals surface area (Å²) in [6, 6.07) is 4.62. The van der Waals surface area contributed by atoms with Gasteiger partial charge in [0.1, 0.15) is 11.1 Å². The highest BCUT2D eigenvalue weighted by molar-refractivity contribution is 8.00. The Kier molecular flexibility index (Phi) is 6.29. The normalized spacial score (nSPS) is 11.5. The number of carboxylic acid groups (broad SMARTS) is 1. The van der Waals surface area contributed by atoms with Crippen LogP contribution < -0.4 is 16.2 Å². The van der Waals surface area contributed by atoms with Gasteiger partial charge in [-0.2, -0.15) is 0 Å². The Hall–Kier alpha value is -3.21. The number of H-pyrrole nitrogens is 1. The summed E-state index contributed by atoms with van der Waals surface area (Å²) in [6.45, 7) is 2.58. The number of anilines is 2. The summed E-state index contributed by atoms with van der Waals surface area (Å²) >= 11 is 0.761. The highest BCUT2D eigenvalue weighted by atomic mass is 32.2. The first-order valence-electron chi connectivity index (χ1n) is 7.55. The molecule has 0 saturated carbocycles. The van der Waals surface area contributed by atoms with Crippen molar-refractivity contribution in [3.8, 4) is 0 Å². The van der Waals surface area contributed by atoms with E-state index in [1.54, 1.807) is 0 Å². The number of carbonyl (C=O) groups is 3. The number of carbonyl (C=O) groups excluding carboxylic acids is 2. The molecule has 2 amide bonds. The third kappa shape index (κ3) is 5.38. The number of nitrogens with one attached hydrogen (secondary N) is 3. The second-order valence-electron chi connectivity index (χ2n) is 5.34. The minimum atomic E-state index is -1.11. The summed E-state index contributed by atoms with van der Waals surface area (Å²) in [5.74, 6) is -3.14. The van der Waals surface area contributed by atoms with Crippen LogP contribution in [0.15, 0.2) is 34.2 Å². The maximum Gasteiger partial charge on any atom is 0.316 e. The number of nitrogens with zero attached hydrogens (tertiary/aromatic N) is 1. The van der Waals surface area contributed by atoms with Crippen LogP contribution in [0.4, 0.5) is 15.9 Å². The summed E-state index contributed by atoms with van der Waals surface area (Å²) in [5, 5.41) is 12.6. The molecule has 4 N–H and O–H groups in total. The lowest BCUT2D eigenvalue weighted by Crippen LogP contribution is -2.25. The topological polar surface area (TPSA) is 141 Å². The number of hydrogen-bond donors (Lipinski definition) is 4. The molecular formula is C16H15FN4O5S. The number of thioether (sulfide) groups is 1. The Labute approximate surface area is 156 Å². The van der Waals surface area contributed by atoms with Gasteiger partial charge in [0.25, 0.3) is 11.5 Å². The fourth-order valence-electron chi connectivity index (χ4n) is 1.89. The quantitative estimate of drug-likeness (QED) is 0.431. The molecule has 0 fully saturated rings. The van der Waals surface area contributed by atoms with Crippen LogP contribution in [0.2, 0.25) is 0 Å². The van der Waals surface area contributed by atoms with Crippen molar-refractivity contribution < 1.29 is 23.9 Å². The number of hydrogen-bond acceptors (Lipinski definition) is 6. The zero-order valence-electron chi connectivity index (χ0n) is 14.2. The summed E-state index contributed by atoms with van der Waals surface area (Å²) < 4.78 is 13.0. The van der Waals surface area contributed by atoms with E-state index in [4.69, 9.17) is 5.11 Å². The number of aromatic nitrogens is 2. The van der Waals surface area contributed by atoms with Gasteiger partial charge in [0, 0.05) is 12.5 Å². The summed E-state index contributed by atoms with van der Waals surface area (Å²) in [5.41, 5.74) is -1.03. The predicted molar refractivity (Wildman–Crippen MR) is 96.5 cm³/mol. The van der Waals surface area contributed by atoms with Crippen molar-refractivity contribution in [1.82, 2.24) is 9.97 Å². The van der Waals surface area contributed by atoms with E-state index in [1.165, 1.54) is 26.0 Å². The average molecular weight is 394 g/mol. The molecule has 1 heterocycles. The molecule has 0 spiro atoms. The van der Waals surface area contributed by atoms with Crippen LogP contribution in [0.5, 0.6) is 0 Å². The van der Waals surface area contributed by atoms with Gasteiger partial charge in [-0.25, -0.2) is 9.37 Å². The minimum Gasteiger partial charge on any atom is -0.480 e. The van der Waals surface area contributed by atoms with Crippen molar-refractivity contribution in [3.05, 3.63) is 46.0 Å². The average Bonchev–Trinajstić information content (AvgIpc) is 2.57. The molecule has 0 aliphatic rings. The highest BCUT2D eigenvalue weighted by Crippen LogP contribution is 2.23. The van der Waals surface area contributed by atoms with Crippen LogP contribution in [0.1, 0.15) is 24.2 Å². The molecule has 27 heavy (non-hydrogen) atoms. The Morgan fingerprint density at radius 3 is 2.41 bits per heavy atom. The van der Waals surface area contributed by atoms with E-state index in [9.17, 15) is 23.6 Å². The Morgan fingerprint density at radius 2 is 1.85 bits per heavy atom. The molecule has 9 nitrogen and oxygen atoms in total. The predicted octanol–water partition coefficient (Wildman–Crippen LogP) is 1.68. The van der Waals surface area contributed by atoms with Crippen LogP contribution in [-0.2, 0) is 9.59 Å². The largest absolute Gasteiger partial charge is 0.480 e. The van der Waals surface area contributed by atoms with E-state index >= 15 is 0 Å². The van der Waals surface area contributed by atoms with Crippen LogP contribution in [0.3, 0.4) is 0 Å². The Morgan fingerprint density at radius 1 is 1.22 bits per heavy atom. The number of benzene rings is 1. The standard InChI is InChI=1S/C16H15FN4O5S/c1-7(15(25)26)27-16-20-12(18-8(2)22)11(14(24)21-16)19-13(23)9-3-5-10(17)6-4-9/h3-7H,1-2H3,(H,19,23)(H,25,26)(H2,18,20,21,22,24)/t7-/m0/s1. The number of amides is 2. The van der Waals surface area contributed by atoms with Gasteiger partial charge in [-0.3, -0.25) is 24.2 Å². The van der Waals surface area contributed by atoms with Gasteiger partial charge in [-0.05, 0) is 31.2 Å². The Balaban J connectivity index is 2.37. The van der Waals surface area contributed by atoms with Gasteiger partial charge in [-0.1, -0.05) is 11.8 Å². The highest BCUT2D eigenvalue weighted by Gasteiger charge is 2.20. The second kappa shape index (κ2) is 8.45. The molecule has 0 unspecified atom stereocenters. The van der Waals surface area contributed by atoms with Crippen LogP contribution in [0.25, 0.3) is 0 Å². The summed E-state index contributed by atoms with van der Waals surface area (Å²) in [7, 11) is 0. The SMILES string of the molecule is CC(=O)Nc1nc(S[C@@H](C)C(=O)O)[nH]c(=O)c1NC(=O)c1ccc(F)cc1. The van der Waals surface area contributed by atoms with Crippen molar-refractivity contribution in [3.63, 3.8) is 0 Å². The fourth-order valence-corrected chi connectivity index (χ4v) is 2.62. The maximum absolute atomic E-state index is 13.0. The van der Waals surface area contributed by atoms with Crippen molar-refractivity contribution in [2.45, 2.75) is 24.3 Å². The molecule has 0 bridgehead atoms. The molecule has 0 aliphatic heterocycles. The van der Waals surface area contributed by atoms with E-state index in [1.807, 2.05) is 0 Å². The minimum absolute atomic E-state index is 0.0431. The van der Waals surface area contributed by atoms with E-state index in [-0.39, 0.29) is 22.2 Å². The number of aliphatic carboxylic acids is 1. The summed E-state index contributed by atoms with van der Waals surface area (Å²) in [6.07, 6.45) is 0. The van der Waals surface area contributed by atoms with Crippen molar-refractivity contribution in [2.75, 3.05) is 10.6 Å². The third-order valence-electron chi connectivity index (χ3n) is 3.17. The number of aromatic amines is 1. The second-order valence-corrected chi connectivity index (χ2v) is 6.66. The molecule has 142 valence electrons. The molecule has 0 saturated heterocycles. The van der Waals surface area contributed by atoms with Gasteiger partial charge in [0.15, 0.2) is 16.7 Å². The molecular weight excluding hydrogens is 379 g/mol. The van der Waals surface area contributed by atoms with Gasteiger partial charge in [0.2, 0.25) is 5.91 Å². The molecule has 1 aromatic heterocycles. The lowest BCUT2D eigenvalue weighted by atomic mass is 10.2. The monoisotopic (exact) mass is 394 g/mol. The van der Waals surface area contributed by atoms with Gasteiger partial charge in [-0.15, -0.1) is 0 Å². The first kappa shape index (κ1) is 20.1. The number of rotatable bonds is 6. The van der Waals surface area contributed by atoms with Crippen LogP contribution in [0, 0.1) is 5.82 Å². The van der Waals surface area contributed by atoms with E-state index in [0.29, 0.717) is 0 Å². The smallest absolute Gasteiger partial charge is 0.316 e. The lowest BCUT2D eigenvalue weighted by molar-refractivity contribution is -0.136. The van der Waals surface area contributed by atoms with Crippen molar-refractivity contribution >= 4 is 41.1 Å². The van der Waals surface area contributed by atoms with E-state index < -0.39 is 34.4 Å². The molecule has 0 aliphatic carbocycles. The molecule has 0 radical (unpaired) electrons. The summed E-state index contributed by atoms with van der Waals surface area (Å²) in [4.78, 5) is 53.3. The third-order valence-corrected chi connectivity index (χ3v) is 4.15. The molecule has 11 heteroatoms. The van der Waals surface area contributed by atoms with E-state index in [2.05, 4.69) is 20.6 Å². The lowest BCUT2D eigenvalue weighted by Gasteiger charge is -2.12. The van der Waals surface area contributed by atoms with Gasteiger partial charge in [0.05, 0.1) is 0 Å². The van der Waals surface area contributed by atoms with Crippen molar-refractivity contribution in [2.24, 2.45) is 0 Å². The first-order chi connectivity index (χ1) is 12.7. The Bertz CT molecular complexity index is 945. The number of halogens is 1. The first-order valence-corrected chi connectivity index (χ1v) is 8.43. The van der Waals surface area contributed by atoms with Crippen LogP contribution >= 0.6 is 11.8 Å². The van der Waals surface area contributed by atoms with E-state index in [0.717, 1.165) is 23.9 Å². The zero-order chi connectivity index (χ0) is 20.1.